The molecular formula is C17H23FN4O2. The van der Waals surface area contributed by atoms with Crippen molar-refractivity contribution in [2.24, 2.45) is 7.05 Å². The number of aryl methyl sites for hydroxylation is 1. The fraction of sp³-hybridized carbons (Fsp3) is 0.412. The molecule has 0 unspecified atom stereocenters. The van der Waals surface area contributed by atoms with Crippen molar-refractivity contribution < 1.29 is 14.3 Å². The number of aliphatic hydroxyl groups is 1. The fourth-order valence-corrected chi connectivity index (χ4v) is 2.35. The second kappa shape index (κ2) is 8.44. The van der Waals surface area contributed by atoms with Gasteiger partial charge in [0.1, 0.15) is 5.82 Å². The van der Waals surface area contributed by atoms with Crippen LogP contribution in [0.2, 0.25) is 0 Å². The minimum Gasteiger partial charge on any atom is -0.396 e. The zero-order chi connectivity index (χ0) is 17.5. The molecule has 0 fully saturated rings. The first kappa shape index (κ1) is 17.9. The van der Waals surface area contributed by atoms with Crippen LogP contribution in [-0.2, 0) is 13.6 Å². The first-order valence-corrected chi connectivity index (χ1v) is 7.89. The quantitative estimate of drug-likeness (QED) is 0.816. The number of hydrogen-bond acceptors (Lipinski definition) is 3. The molecule has 6 nitrogen and oxygen atoms in total. The largest absolute Gasteiger partial charge is 0.396 e. The van der Waals surface area contributed by atoms with Crippen LogP contribution in [0, 0.1) is 5.82 Å². The first-order valence-electron chi connectivity index (χ1n) is 7.89. The molecule has 1 atom stereocenters. The first-order chi connectivity index (χ1) is 11.5. The van der Waals surface area contributed by atoms with Crippen LogP contribution in [0.25, 0.3) is 0 Å². The van der Waals surface area contributed by atoms with Gasteiger partial charge in [0.15, 0.2) is 0 Å². The summed E-state index contributed by atoms with van der Waals surface area (Å²) in [6.45, 7) is 2.66. The Morgan fingerprint density at radius 3 is 2.71 bits per heavy atom. The molecule has 2 aromatic rings. The monoisotopic (exact) mass is 334 g/mol. The van der Waals surface area contributed by atoms with Gasteiger partial charge in [-0.05, 0) is 31.0 Å². The molecule has 0 bridgehead atoms. The summed E-state index contributed by atoms with van der Waals surface area (Å²) in [6.07, 6.45) is 4.04. The number of aliphatic hydroxyl groups excluding tert-OH is 1. The van der Waals surface area contributed by atoms with Crippen LogP contribution in [0.3, 0.4) is 0 Å². The lowest BCUT2D eigenvalue weighted by atomic mass is 10.2. The van der Waals surface area contributed by atoms with Crippen LogP contribution < -0.4 is 5.32 Å². The van der Waals surface area contributed by atoms with Crippen LogP contribution in [0.1, 0.15) is 30.5 Å². The molecule has 0 spiro atoms. The molecule has 0 saturated carbocycles. The summed E-state index contributed by atoms with van der Waals surface area (Å²) in [5.74, 6) is -0.310. The van der Waals surface area contributed by atoms with Crippen LogP contribution in [0.5, 0.6) is 0 Å². The van der Waals surface area contributed by atoms with E-state index in [1.165, 1.54) is 12.1 Å². The second-order valence-corrected chi connectivity index (χ2v) is 5.74. The van der Waals surface area contributed by atoms with Crippen molar-refractivity contribution in [3.05, 3.63) is 53.6 Å². The number of urea groups is 1. The summed E-state index contributed by atoms with van der Waals surface area (Å²) in [6, 6.07) is 5.63. The van der Waals surface area contributed by atoms with Gasteiger partial charge >= 0.3 is 6.03 Å². The van der Waals surface area contributed by atoms with Gasteiger partial charge in [0.2, 0.25) is 0 Å². The summed E-state index contributed by atoms with van der Waals surface area (Å²) in [5, 5.41) is 16.1. The van der Waals surface area contributed by atoms with Crippen molar-refractivity contribution in [2.45, 2.75) is 25.9 Å². The topological polar surface area (TPSA) is 70.4 Å². The van der Waals surface area contributed by atoms with E-state index in [0.29, 0.717) is 19.5 Å². The molecule has 1 heterocycles. The number of aromatic nitrogens is 2. The molecule has 0 saturated heterocycles. The standard InChI is InChI=1S/C17H23FN4O2/c1-13(15-10-19-21(2)12-15)20-17(24)22(8-3-9-23)11-14-4-6-16(18)7-5-14/h4-7,10,12-13,23H,3,8-9,11H2,1-2H3,(H,20,24)/t13-/m1/s1. The van der Waals surface area contributed by atoms with E-state index < -0.39 is 0 Å². The van der Waals surface area contributed by atoms with E-state index in [-0.39, 0.29) is 24.5 Å². The maximum atomic E-state index is 13.0. The third-order valence-corrected chi connectivity index (χ3v) is 3.72. The van der Waals surface area contributed by atoms with Gasteiger partial charge in [0.05, 0.1) is 12.2 Å². The number of nitrogens with one attached hydrogen (secondary N) is 1. The maximum Gasteiger partial charge on any atom is 0.318 e. The lowest BCUT2D eigenvalue weighted by Crippen LogP contribution is -2.41. The van der Waals surface area contributed by atoms with Crippen molar-refractivity contribution in [3.8, 4) is 0 Å². The molecule has 2 amide bonds. The molecular weight excluding hydrogens is 311 g/mol. The van der Waals surface area contributed by atoms with E-state index in [9.17, 15) is 9.18 Å². The highest BCUT2D eigenvalue weighted by molar-refractivity contribution is 5.74. The van der Waals surface area contributed by atoms with Gasteiger partial charge in [-0.2, -0.15) is 5.10 Å². The zero-order valence-corrected chi connectivity index (χ0v) is 13.9. The Labute approximate surface area is 140 Å². The van der Waals surface area contributed by atoms with E-state index in [2.05, 4.69) is 10.4 Å². The molecule has 24 heavy (non-hydrogen) atoms. The number of carbonyl (C=O) groups excluding carboxylic acids is 1. The summed E-state index contributed by atoms with van der Waals surface area (Å²) in [7, 11) is 1.82. The molecule has 0 radical (unpaired) electrons. The minimum atomic E-state index is -0.310. The van der Waals surface area contributed by atoms with Crippen molar-refractivity contribution in [3.63, 3.8) is 0 Å². The molecule has 2 rings (SSSR count). The van der Waals surface area contributed by atoms with Crippen molar-refractivity contribution in [1.29, 1.82) is 0 Å². The molecule has 0 aliphatic rings. The minimum absolute atomic E-state index is 0.00531. The highest BCUT2D eigenvalue weighted by Crippen LogP contribution is 2.13. The molecule has 7 heteroatoms. The zero-order valence-electron chi connectivity index (χ0n) is 13.9. The van der Waals surface area contributed by atoms with Crippen LogP contribution in [0.4, 0.5) is 9.18 Å². The lowest BCUT2D eigenvalue weighted by Gasteiger charge is -2.25. The van der Waals surface area contributed by atoms with Crippen molar-refractivity contribution >= 4 is 6.03 Å². The third-order valence-electron chi connectivity index (χ3n) is 3.72. The molecule has 2 N–H and O–H groups in total. The second-order valence-electron chi connectivity index (χ2n) is 5.74. The van der Waals surface area contributed by atoms with Gasteiger partial charge in [0.25, 0.3) is 0 Å². The number of hydrogen-bond donors (Lipinski definition) is 2. The predicted molar refractivity (Wildman–Crippen MR) is 88.7 cm³/mol. The summed E-state index contributed by atoms with van der Waals surface area (Å²) >= 11 is 0. The Morgan fingerprint density at radius 1 is 1.42 bits per heavy atom. The molecule has 0 aliphatic heterocycles. The summed E-state index contributed by atoms with van der Waals surface area (Å²) in [4.78, 5) is 14.2. The van der Waals surface area contributed by atoms with Gasteiger partial charge in [-0.1, -0.05) is 12.1 Å². The Balaban J connectivity index is 2.02. The van der Waals surface area contributed by atoms with Crippen LogP contribution in [0.15, 0.2) is 36.7 Å². The third kappa shape index (κ3) is 5.06. The van der Waals surface area contributed by atoms with Crippen molar-refractivity contribution in [2.75, 3.05) is 13.2 Å². The van der Waals surface area contributed by atoms with Gasteiger partial charge < -0.3 is 15.3 Å². The van der Waals surface area contributed by atoms with Gasteiger partial charge in [-0.3, -0.25) is 4.68 Å². The van der Waals surface area contributed by atoms with Crippen molar-refractivity contribution in [1.82, 2.24) is 20.0 Å². The molecule has 0 aliphatic carbocycles. The predicted octanol–water partition coefficient (Wildman–Crippen LogP) is 2.21. The average molecular weight is 334 g/mol. The Morgan fingerprint density at radius 2 is 2.12 bits per heavy atom. The van der Waals surface area contributed by atoms with Gasteiger partial charge in [0, 0.05) is 38.5 Å². The Bertz CT molecular complexity index is 657. The maximum absolute atomic E-state index is 13.0. The Hall–Kier alpha value is -2.41. The molecule has 130 valence electrons. The van der Waals surface area contributed by atoms with Crippen LogP contribution >= 0.6 is 0 Å². The molecule has 1 aromatic carbocycles. The highest BCUT2D eigenvalue weighted by atomic mass is 19.1. The number of amides is 2. The SMILES string of the molecule is C[C@@H](NC(=O)N(CCCO)Cc1ccc(F)cc1)c1cnn(C)c1. The highest BCUT2D eigenvalue weighted by Gasteiger charge is 2.17. The van der Waals surface area contributed by atoms with Gasteiger partial charge in [-0.15, -0.1) is 0 Å². The number of benzene rings is 1. The van der Waals surface area contributed by atoms with E-state index in [1.807, 2.05) is 20.2 Å². The summed E-state index contributed by atoms with van der Waals surface area (Å²) in [5.41, 5.74) is 1.74. The van der Waals surface area contributed by atoms with Crippen LogP contribution in [-0.4, -0.2) is 39.0 Å². The van der Waals surface area contributed by atoms with E-state index >= 15 is 0 Å². The summed E-state index contributed by atoms with van der Waals surface area (Å²) < 4.78 is 14.7. The smallest absolute Gasteiger partial charge is 0.318 e. The number of rotatable bonds is 7. The molecule has 1 aromatic heterocycles. The normalized spacial score (nSPS) is 12.0. The Kier molecular flexibility index (Phi) is 6.31. The van der Waals surface area contributed by atoms with Gasteiger partial charge in [-0.25, -0.2) is 9.18 Å². The number of halogens is 1. The van der Waals surface area contributed by atoms with E-state index in [1.54, 1.807) is 27.9 Å². The number of carbonyl (C=O) groups is 1. The van der Waals surface area contributed by atoms with E-state index in [4.69, 9.17) is 5.11 Å². The lowest BCUT2D eigenvalue weighted by molar-refractivity contribution is 0.183. The fourth-order valence-electron chi connectivity index (χ4n) is 2.35. The number of nitrogens with zero attached hydrogens (tertiary/aromatic N) is 3. The van der Waals surface area contributed by atoms with E-state index in [0.717, 1.165) is 11.1 Å². The average Bonchev–Trinajstić information content (AvgIpc) is 2.99.